The zero-order chi connectivity index (χ0) is 19.0. The first-order chi connectivity index (χ1) is 13.0. The van der Waals surface area contributed by atoms with Gasteiger partial charge in [0.05, 0.1) is 5.92 Å². The van der Waals surface area contributed by atoms with Gasteiger partial charge in [0.25, 0.3) is 0 Å². The molecule has 2 heterocycles. The predicted octanol–water partition coefficient (Wildman–Crippen LogP) is 2.70. The third-order valence-electron chi connectivity index (χ3n) is 5.11. The van der Waals surface area contributed by atoms with Crippen LogP contribution in [0.2, 0.25) is 0 Å². The monoisotopic (exact) mass is 366 g/mol. The molecule has 1 fully saturated rings. The van der Waals surface area contributed by atoms with Gasteiger partial charge in [-0.25, -0.2) is 0 Å². The number of para-hydroxylation sites is 1. The highest BCUT2D eigenvalue weighted by atomic mass is 16.7. The summed E-state index contributed by atoms with van der Waals surface area (Å²) in [5, 5.41) is 2.94. The molecule has 1 N–H and O–H groups in total. The predicted molar refractivity (Wildman–Crippen MR) is 101 cm³/mol. The number of fused-ring (bicyclic) bond motifs is 1. The maximum atomic E-state index is 12.6. The Morgan fingerprint density at radius 3 is 2.67 bits per heavy atom. The van der Waals surface area contributed by atoms with Crippen molar-refractivity contribution in [1.82, 2.24) is 5.32 Å². The molecule has 1 atom stereocenters. The molecule has 2 aromatic rings. The normalized spacial score (nSPS) is 18.1. The molecule has 0 radical (unpaired) electrons. The summed E-state index contributed by atoms with van der Waals surface area (Å²) in [5.41, 5.74) is 3.95. The topological polar surface area (TPSA) is 67.9 Å². The molecule has 1 saturated heterocycles. The van der Waals surface area contributed by atoms with E-state index in [-0.39, 0.29) is 30.9 Å². The van der Waals surface area contributed by atoms with Gasteiger partial charge in [-0.05, 0) is 42.7 Å². The second-order valence-electron chi connectivity index (χ2n) is 7.05. The lowest BCUT2D eigenvalue weighted by molar-refractivity contribution is -0.126. The minimum atomic E-state index is -0.342. The van der Waals surface area contributed by atoms with Gasteiger partial charge in [-0.15, -0.1) is 0 Å². The first-order valence-corrected chi connectivity index (χ1v) is 9.06. The molecule has 2 aliphatic rings. The van der Waals surface area contributed by atoms with Crippen LogP contribution in [-0.2, 0) is 16.1 Å². The number of ether oxygens (including phenoxy) is 2. The van der Waals surface area contributed by atoms with E-state index in [4.69, 9.17) is 9.47 Å². The average Bonchev–Trinajstić information content (AvgIpc) is 3.26. The zero-order valence-electron chi connectivity index (χ0n) is 15.5. The van der Waals surface area contributed by atoms with Crippen LogP contribution in [0.15, 0.2) is 36.4 Å². The number of benzene rings is 2. The Kier molecular flexibility index (Phi) is 4.48. The summed E-state index contributed by atoms with van der Waals surface area (Å²) < 4.78 is 10.7. The summed E-state index contributed by atoms with van der Waals surface area (Å²) in [6.07, 6.45) is 0.237. The first kappa shape index (κ1) is 17.4. The van der Waals surface area contributed by atoms with E-state index in [0.717, 1.165) is 28.1 Å². The van der Waals surface area contributed by atoms with E-state index in [1.165, 1.54) is 0 Å². The van der Waals surface area contributed by atoms with Gasteiger partial charge in [0, 0.05) is 25.2 Å². The number of rotatable bonds is 4. The van der Waals surface area contributed by atoms with E-state index in [1.807, 2.05) is 50.2 Å². The van der Waals surface area contributed by atoms with Crippen molar-refractivity contribution in [2.45, 2.75) is 26.8 Å². The van der Waals surface area contributed by atoms with Crippen LogP contribution in [0.5, 0.6) is 11.5 Å². The van der Waals surface area contributed by atoms with Crippen LogP contribution in [0.3, 0.4) is 0 Å². The van der Waals surface area contributed by atoms with Crippen molar-refractivity contribution in [1.29, 1.82) is 0 Å². The van der Waals surface area contributed by atoms with E-state index >= 15 is 0 Å². The van der Waals surface area contributed by atoms with E-state index in [9.17, 15) is 9.59 Å². The van der Waals surface area contributed by atoms with Crippen molar-refractivity contribution in [3.8, 4) is 11.5 Å². The van der Waals surface area contributed by atoms with Gasteiger partial charge in [0.2, 0.25) is 18.6 Å². The van der Waals surface area contributed by atoms with E-state index < -0.39 is 0 Å². The molecular weight excluding hydrogens is 344 g/mol. The largest absolute Gasteiger partial charge is 0.454 e. The summed E-state index contributed by atoms with van der Waals surface area (Å²) in [6.45, 7) is 5.01. The number of nitrogens with one attached hydrogen (secondary N) is 1. The Morgan fingerprint density at radius 1 is 1.15 bits per heavy atom. The van der Waals surface area contributed by atoms with Gasteiger partial charge in [-0.3, -0.25) is 9.59 Å². The van der Waals surface area contributed by atoms with Crippen molar-refractivity contribution in [3.63, 3.8) is 0 Å². The van der Waals surface area contributed by atoms with Crippen LogP contribution in [0, 0.1) is 19.8 Å². The number of carbonyl (C=O) groups is 2. The fourth-order valence-electron chi connectivity index (χ4n) is 3.72. The van der Waals surface area contributed by atoms with Crippen molar-refractivity contribution < 1.29 is 19.1 Å². The number of nitrogens with zero attached hydrogens (tertiary/aromatic N) is 1. The summed E-state index contributed by atoms with van der Waals surface area (Å²) in [6, 6.07) is 11.6. The van der Waals surface area contributed by atoms with Crippen LogP contribution in [0.1, 0.15) is 23.1 Å². The van der Waals surface area contributed by atoms with Gasteiger partial charge < -0.3 is 19.7 Å². The molecule has 2 aliphatic heterocycles. The highest BCUT2D eigenvalue weighted by Crippen LogP contribution is 2.33. The minimum Gasteiger partial charge on any atom is -0.454 e. The number of anilines is 1. The molecular formula is C21H22N2O4. The highest BCUT2D eigenvalue weighted by molar-refractivity contribution is 6.01. The average molecular weight is 366 g/mol. The Hall–Kier alpha value is -3.02. The molecule has 2 amide bonds. The van der Waals surface area contributed by atoms with Gasteiger partial charge in [-0.1, -0.05) is 24.3 Å². The fourth-order valence-corrected chi connectivity index (χ4v) is 3.72. The number of aryl methyl sites for hydroxylation is 2. The standard InChI is InChI=1S/C21H22N2O4/c1-13-4-3-5-14(2)20(13)23-11-16(9-19(23)24)21(25)22-10-15-6-7-17-18(8-15)27-12-26-17/h3-8,16H,9-12H2,1-2H3,(H,22,25). The molecule has 6 heteroatoms. The third-order valence-corrected chi connectivity index (χ3v) is 5.11. The molecule has 2 aromatic carbocycles. The lowest BCUT2D eigenvalue weighted by Crippen LogP contribution is -2.33. The second kappa shape index (κ2) is 6.95. The molecule has 1 unspecified atom stereocenters. The molecule has 0 aromatic heterocycles. The minimum absolute atomic E-state index is 0.00405. The highest BCUT2D eigenvalue weighted by Gasteiger charge is 2.36. The fraction of sp³-hybridized carbons (Fsp3) is 0.333. The Bertz CT molecular complexity index is 889. The SMILES string of the molecule is Cc1cccc(C)c1N1CC(C(=O)NCc2ccc3c(c2)OCO3)CC1=O. The van der Waals surface area contributed by atoms with Crippen molar-refractivity contribution in [2.75, 3.05) is 18.2 Å². The number of hydrogen-bond donors (Lipinski definition) is 1. The Labute approximate surface area is 158 Å². The number of carbonyl (C=O) groups excluding carboxylic acids is 2. The van der Waals surface area contributed by atoms with Crippen molar-refractivity contribution >= 4 is 17.5 Å². The molecule has 27 heavy (non-hydrogen) atoms. The van der Waals surface area contributed by atoms with Crippen LogP contribution in [0.4, 0.5) is 5.69 Å². The van der Waals surface area contributed by atoms with Gasteiger partial charge in [0.15, 0.2) is 11.5 Å². The van der Waals surface area contributed by atoms with E-state index in [1.54, 1.807) is 4.90 Å². The Morgan fingerprint density at radius 2 is 1.89 bits per heavy atom. The zero-order valence-corrected chi connectivity index (χ0v) is 15.5. The molecule has 6 nitrogen and oxygen atoms in total. The van der Waals surface area contributed by atoms with Crippen LogP contribution < -0.4 is 19.7 Å². The molecule has 4 rings (SSSR count). The van der Waals surface area contributed by atoms with Crippen LogP contribution >= 0.6 is 0 Å². The molecule has 140 valence electrons. The molecule has 0 bridgehead atoms. The summed E-state index contributed by atoms with van der Waals surface area (Å²) >= 11 is 0. The lowest BCUT2D eigenvalue weighted by atomic mass is 10.1. The Balaban J connectivity index is 1.41. The molecule has 0 saturated carbocycles. The summed E-state index contributed by atoms with van der Waals surface area (Å²) in [7, 11) is 0. The van der Waals surface area contributed by atoms with Gasteiger partial charge in [0.1, 0.15) is 0 Å². The smallest absolute Gasteiger partial charge is 0.231 e. The van der Waals surface area contributed by atoms with Crippen LogP contribution in [0.25, 0.3) is 0 Å². The lowest BCUT2D eigenvalue weighted by Gasteiger charge is -2.21. The molecule has 0 spiro atoms. The maximum absolute atomic E-state index is 12.6. The summed E-state index contributed by atoms with van der Waals surface area (Å²) in [5.74, 6) is 0.964. The quantitative estimate of drug-likeness (QED) is 0.903. The first-order valence-electron chi connectivity index (χ1n) is 9.06. The summed E-state index contributed by atoms with van der Waals surface area (Å²) in [4.78, 5) is 26.9. The molecule has 0 aliphatic carbocycles. The number of amides is 2. The van der Waals surface area contributed by atoms with Crippen LogP contribution in [-0.4, -0.2) is 25.2 Å². The maximum Gasteiger partial charge on any atom is 0.231 e. The van der Waals surface area contributed by atoms with Gasteiger partial charge >= 0.3 is 0 Å². The van der Waals surface area contributed by atoms with E-state index in [2.05, 4.69) is 5.32 Å². The second-order valence-corrected chi connectivity index (χ2v) is 7.05. The van der Waals surface area contributed by atoms with Crippen molar-refractivity contribution in [3.05, 3.63) is 53.1 Å². The third kappa shape index (κ3) is 3.35. The van der Waals surface area contributed by atoms with Gasteiger partial charge in [-0.2, -0.15) is 0 Å². The van der Waals surface area contributed by atoms with E-state index in [0.29, 0.717) is 18.8 Å². The van der Waals surface area contributed by atoms with Crippen molar-refractivity contribution in [2.24, 2.45) is 5.92 Å². The number of hydrogen-bond acceptors (Lipinski definition) is 4.